The zero-order valence-electron chi connectivity index (χ0n) is 19.1. The predicted molar refractivity (Wildman–Crippen MR) is 127 cm³/mol. The molecule has 1 heterocycles. The molecule has 2 aromatic rings. The number of ether oxygens (including phenoxy) is 1. The number of aromatic nitrogens is 2. The predicted octanol–water partition coefficient (Wildman–Crippen LogP) is 1.86. The summed E-state index contributed by atoms with van der Waals surface area (Å²) in [6, 6.07) is 9.90. The van der Waals surface area contributed by atoms with Crippen LogP contribution in [0, 0.1) is 0 Å². The van der Waals surface area contributed by atoms with Gasteiger partial charge in [0.1, 0.15) is 11.5 Å². The van der Waals surface area contributed by atoms with E-state index in [1.54, 1.807) is 4.90 Å². The lowest BCUT2D eigenvalue weighted by Gasteiger charge is -2.25. The number of H-pyrrole nitrogens is 1. The standard InChI is InChI=1S/C23H35N5O4/c1-3-5-14-28-21(24)20(22(30)26-23(28)31)27(13-4-2)16-19(29)25-12-9-15-32-17-18-10-7-6-8-11-18/h6-8,10-11H,3-5,9,12-17,24H2,1-2H3,(H,25,29)(H,26,30,31). The number of rotatable bonds is 14. The molecule has 1 amide bonds. The zero-order valence-corrected chi connectivity index (χ0v) is 19.1. The number of carbonyl (C=O) groups excluding carboxylic acids is 1. The summed E-state index contributed by atoms with van der Waals surface area (Å²) in [5.74, 6) is -0.116. The van der Waals surface area contributed by atoms with E-state index in [0.717, 1.165) is 18.4 Å². The fourth-order valence-electron chi connectivity index (χ4n) is 3.36. The highest BCUT2D eigenvalue weighted by Gasteiger charge is 2.20. The average Bonchev–Trinajstić information content (AvgIpc) is 2.76. The number of hydrogen-bond donors (Lipinski definition) is 3. The van der Waals surface area contributed by atoms with Crippen LogP contribution in [-0.4, -0.2) is 41.7 Å². The van der Waals surface area contributed by atoms with Gasteiger partial charge in [0.2, 0.25) is 5.91 Å². The van der Waals surface area contributed by atoms with Gasteiger partial charge in [-0.15, -0.1) is 0 Å². The highest BCUT2D eigenvalue weighted by molar-refractivity contribution is 5.82. The molecule has 1 aromatic carbocycles. The van der Waals surface area contributed by atoms with Gasteiger partial charge >= 0.3 is 5.69 Å². The highest BCUT2D eigenvalue weighted by atomic mass is 16.5. The Morgan fingerprint density at radius 2 is 1.91 bits per heavy atom. The van der Waals surface area contributed by atoms with E-state index in [1.165, 1.54) is 4.57 Å². The van der Waals surface area contributed by atoms with Gasteiger partial charge in [0.15, 0.2) is 0 Å². The number of carbonyl (C=O) groups is 1. The van der Waals surface area contributed by atoms with E-state index in [0.29, 0.717) is 45.7 Å². The maximum atomic E-state index is 12.5. The maximum absolute atomic E-state index is 12.5. The molecule has 0 radical (unpaired) electrons. The Labute approximate surface area is 188 Å². The molecule has 2 rings (SSSR count). The molecule has 0 spiro atoms. The van der Waals surface area contributed by atoms with Gasteiger partial charge in [-0.3, -0.25) is 19.1 Å². The van der Waals surface area contributed by atoms with E-state index in [-0.39, 0.29) is 24.0 Å². The van der Waals surface area contributed by atoms with Crippen LogP contribution in [0.2, 0.25) is 0 Å². The first kappa shape index (κ1) is 25.2. The molecule has 0 aliphatic heterocycles. The Hall–Kier alpha value is -3.07. The second-order valence-electron chi connectivity index (χ2n) is 7.66. The number of nitrogens with two attached hydrogens (primary N) is 1. The van der Waals surface area contributed by atoms with E-state index in [9.17, 15) is 14.4 Å². The summed E-state index contributed by atoms with van der Waals surface area (Å²) in [5, 5.41) is 2.86. The molecule has 1 aromatic heterocycles. The molecule has 0 fully saturated rings. The monoisotopic (exact) mass is 445 g/mol. The van der Waals surface area contributed by atoms with Gasteiger partial charge in [0.25, 0.3) is 5.56 Å². The van der Waals surface area contributed by atoms with Crippen molar-refractivity contribution < 1.29 is 9.53 Å². The summed E-state index contributed by atoms with van der Waals surface area (Å²) in [5.41, 5.74) is 6.37. The number of nitrogen functional groups attached to an aromatic ring is 1. The summed E-state index contributed by atoms with van der Waals surface area (Å²) in [6.45, 7) is 6.36. The number of nitrogens with zero attached hydrogens (tertiary/aromatic N) is 2. The van der Waals surface area contributed by atoms with Crippen molar-refractivity contribution in [2.45, 2.75) is 52.7 Å². The van der Waals surface area contributed by atoms with Crippen LogP contribution in [0.3, 0.4) is 0 Å². The van der Waals surface area contributed by atoms with Crippen molar-refractivity contribution in [2.24, 2.45) is 0 Å². The molecule has 0 atom stereocenters. The van der Waals surface area contributed by atoms with Crippen LogP contribution in [0.5, 0.6) is 0 Å². The van der Waals surface area contributed by atoms with E-state index in [1.807, 2.05) is 44.2 Å². The third-order valence-corrected chi connectivity index (χ3v) is 4.99. The lowest BCUT2D eigenvalue weighted by Crippen LogP contribution is -2.43. The minimum Gasteiger partial charge on any atom is -0.383 e. The van der Waals surface area contributed by atoms with Crippen LogP contribution in [0.4, 0.5) is 11.5 Å². The van der Waals surface area contributed by atoms with Crippen molar-refractivity contribution in [3.63, 3.8) is 0 Å². The first-order valence-electron chi connectivity index (χ1n) is 11.2. The third kappa shape index (κ3) is 7.56. The Morgan fingerprint density at radius 3 is 2.59 bits per heavy atom. The summed E-state index contributed by atoms with van der Waals surface area (Å²) in [6.07, 6.45) is 3.04. The number of anilines is 2. The molecular weight excluding hydrogens is 410 g/mol. The van der Waals surface area contributed by atoms with Crippen LogP contribution in [0.25, 0.3) is 0 Å². The Morgan fingerprint density at radius 1 is 1.16 bits per heavy atom. The number of nitrogens with one attached hydrogen (secondary N) is 2. The molecule has 0 saturated heterocycles. The lowest BCUT2D eigenvalue weighted by molar-refractivity contribution is -0.119. The highest BCUT2D eigenvalue weighted by Crippen LogP contribution is 2.17. The lowest BCUT2D eigenvalue weighted by atomic mass is 10.2. The van der Waals surface area contributed by atoms with E-state index >= 15 is 0 Å². The van der Waals surface area contributed by atoms with Gasteiger partial charge < -0.3 is 20.7 Å². The van der Waals surface area contributed by atoms with E-state index in [4.69, 9.17) is 10.5 Å². The normalized spacial score (nSPS) is 10.8. The number of hydrogen-bond acceptors (Lipinski definition) is 6. The van der Waals surface area contributed by atoms with Crippen molar-refractivity contribution in [1.29, 1.82) is 0 Å². The van der Waals surface area contributed by atoms with Crippen molar-refractivity contribution >= 4 is 17.4 Å². The molecule has 0 aliphatic rings. The summed E-state index contributed by atoms with van der Waals surface area (Å²) in [4.78, 5) is 41.1. The summed E-state index contributed by atoms with van der Waals surface area (Å²) < 4.78 is 6.99. The SMILES string of the molecule is CCCCn1c(N)c(N(CCC)CC(=O)NCCCOCc2ccccc2)c(=O)[nH]c1=O. The van der Waals surface area contributed by atoms with Crippen LogP contribution >= 0.6 is 0 Å². The fraction of sp³-hybridized carbons (Fsp3) is 0.522. The third-order valence-electron chi connectivity index (χ3n) is 4.99. The van der Waals surface area contributed by atoms with Gasteiger partial charge in [-0.1, -0.05) is 50.6 Å². The van der Waals surface area contributed by atoms with Crippen molar-refractivity contribution in [2.75, 3.05) is 36.9 Å². The second kappa shape index (κ2) is 13.4. The molecule has 0 bridgehead atoms. The van der Waals surface area contributed by atoms with Gasteiger partial charge in [-0.25, -0.2) is 4.79 Å². The maximum Gasteiger partial charge on any atom is 0.330 e. The largest absolute Gasteiger partial charge is 0.383 e. The molecule has 0 unspecified atom stereocenters. The minimum absolute atomic E-state index is 0.0159. The molecule has 176 valence electrons. The molecular formula is C23H35N5O4. The number of amides is 1. The topological polar surface area (TPSA) is 122 Å². The Balaban J connectivity index is 1.91. The fourth-order valence-corrected chi connectivity index (χ4v) is 3.36. The molecule has 9 heteroatoms. The zero-order chi connectivity index (χ0) is 23.3. The number of unbranched alkanes of at least 4 members (excludes halogenated alkanes) is 1. The molecule has 0 saturated carbocycles. The Kier molecular flexibility index (Phi) is 10.5. The van der Waals surface area contributed by atoms with E-state index < -0.39 is 11.2 Å². The summed E-state index contributed by atoms with van der Waals surface area (Å²) >= 11 is 0. The number of benzene rings is 1. The van der Waals surface area contributed by atoms with Gasteiger partial charge in [0.05, 0.1) is 13.2 Å². The van der Waals surface area contributed by atoms with Crippen molar-refractivity contribution in [1.82, 2.24) is 14.9 Å². The van der Waals surface area contributed by atoms with E-state index in [2.05, 4.69) is 10.3 Å². The van der Waals surface area contributed by atoms with Gasteiger partial charge in [0, 0.05) is 26.2 Å². The first-order valence-corrected chi connectivity index (χ1v) is 11.2. The number of aromatic amines is 1. The molecule has 9 nitrogen and oxygen atoms in total. The minimum atomic E-state index is -0.573. The van der Waals surface area contributed by atoms with Crippen molar-refractivity contribution in [3.8, 4) is 0 Å². The first-order chi connectivity index (χ1) is 15.5. The van der Waals surface area contributed by atoms with Crippen LogP contribution in [-0.2, 0) is 22.7 Å². The second-order valence-corrected chi connectivity index (χ2v) is 7.66. The van der Waals surface area contributed by atoms with Crippen LogP contribution in [0.1, 0.15) is 45.1 Å². The molecule has 32 heavy (non-hydrogen) atoms. The van der Waals surface area contributed by atoms with Crippen LogP contribution in [0.15, 0.2) is 39.9 Å². The van der Waals surface area contributed by atoms with Crippen LogP contribution < -0.4 is 27.2 Å². The van der Waals surface area contributed by atoms with Gasteiger partial charge in [-0.05, 0) is 24.8 Å². The molecule has 0 aliphatic carbocycles. The quantitative estimate of drug-likeness (QED) is 0.382. The Bertz CT molecular complexity index is 955. The van der Waals surface area contributed by atoms with Gasteiger partial charge in [-0.2, -0.15) is 0 Å². The summed E-state index contributed by atoms with van der Waals surface area (Å²) in [7, 11) is 0. The molecule has 4 N–H and O–H groups in total. The average molecular weight is 446 g/mol. The van der Waals surface area contributed by atoms with Crippen molar-refractivity contribution in [3.05, 3.63) is 56.7 Å². The smallest absolute Gasteiger partial charge is 0.330 e.